The minimum absolute atomic E-state index is 0.0979. The average Bonchev–Trinajstić information content (AvgIpc) is 2.85. The van der Waals surface area contributed by atoms with Crippen LogP contribution in [0.4, 0.5) is 24.7 Å². The minimum atomic E-state index is -2.92. The molecule has 1 atom stereocenters. The number of hydrogen-bond donors (Lipinski definition) is 3. The molecule has 3 N–H and O–H groups in total. The van der Waals surface area contributed by atoms with Gasteiger partial charge in [-0.1, -0.05) is 18.2 Å². The number of aromatic nitrogens is 2. The molecule has 1 aromatic heterocycles. The molecule has 0 amide bonds. The molecule has 10 heteroatoms. The number of nitrogens with one attached hydrogen (secondary N) is 1. The van der Waals surface area contributed by atoms with E-state index in [1.54, 1.807) is 13.8 Å². The quantitative estimate of drug-likeness (QED) is 0.433. The highest BCUT2D eigenvalue weighted by Gasteiger charge is 2.39. The van der Waals surface area contributed by atoms with Crippen molar-refractivity contribution in [2.75, 3.05) is 30.4 Å². The number of aliphatic hydroxyl groups excluding tert-OH is 1. The van der Waals surface area contributed by atoms with Gasteiger partial charge in [0.05, 0.1) is 29.9 Å². The van der Waals surface area contributed by atoms with Gasteiger partial charge in [0.25, 0.3) is 6.43 Å². The minimum Gasteiger partial charge on any atom is -0.489 e. The van der Waals surface area contributed by atoms with Crippen LogP contribution in [0.25, 0.3) is 10.9 Å². The predicted molar refractivity (Wildman–Crippen MR) is 135 cm³/mol. The fourth-order valence-corrected chi connectivity index (χ4v) is 5.40. The number of hydrogen-bond acceptors (Lipinski definition) is 7. The number of halogens is 3. The van der Waals surface area contributed by atoms with Gasteiger partial charge in [-0.25, -0.2) is 23.1 Å². The van der Waals surface area contributed by atoms with Crippen molar-refractivity contribution in [3.8, 4) is 5.75 Å². The van der Waals surface area contributed by atoms with E-state index in [-0.39, 0.29) is 5.56 Å². The molecule has 2 heterocycles. The summed E-state index contributed by atoms with van der Waals surface area (Å²) in [4.78, 5) is 11.3. The Labute approximate surface area is 213 Å². The molecule has 1 fully saturated rings. The summed E-state index contributed by atoms with van der Waals surface area (Å²) in [5.74, 6) is 0.485. The number of anilines is 2. The summed E-state index contributed by atoms with van der Waals surface area (Å²) < 4.78 is 47.6. The molecule has 0 bridgehead atoms. The highest BCUT2D eigenvalue weighted by molar-refractivity contribution is 6.01. The van der Waals surface area contributed by atoms with Crippen molar-refractivity contribution in [2.24, 2.45) is 0 Å². The number of likely N-dealkylation sites (N-methyl/N-ethyl adjacent to an activating group) is 1. The Morgan fingerprint density at radius 2 is 1.89 bits per heavy atom. The molecule has 37 heavy (non-hydrogen) atoms. The Morgan fingerprint density at radius 3 is 2.59 bits per heavy atom. The van der Waals surface area contributed by atoms with Crippen molar-refractivity contribution >= 4 is 22.4 Å². The van der Waals surface area contributed by atoms with Crippen LogP contribution in [-0.4, -0.2) is 46.5 Å². The monoisotopic (exact) mass is 516 g/mol. The Kier molecular flexibility index (Phi) is 6.66. The summed E-state index contributed by atoms with van der Waals surface area (Å²) in [7, 11) is 1.93. The molecule has 0 radical (unpaired) electrons. The van der Waals surface area contributed by atoms with Crippen molar-refractivity contribution in [3.05, 3.63) is 52.6 Å². The molecular weight excluding hydrogens is 485 g/mol. The van der Waals surface area contributed by atoms with E-state index in [0.717, 1.165) is 11.8 Å². The van der Waals surface area contributed by atoms with E-state index in [1.807, 2.05) is 18.0 Å². The Hall–Kier alpha value is -3.11. The Morgan fingerprint density at radius 1 is 1.19 bits per heavy atom. The zero-order valence-corrected chi connectivity index (χ0v) is 21.1. The van der Waals surface area contributed by atoms with Crippen LogP contribution in [-0.2, 0) is 5.60 Å². The maximum absolute atomic E-state index is 14.9. The summed E-state index contributed by atoms with van der Waals surface area (Å²) >= 11 is 0. The summed E-state index contributed by atoms with van der Waals surface area (Å²) in [6.07, 6.45) is -1.71. The van der Waals surface area contributed by atoms with Crippen LogP contribution in [0.5, 0.6) is 5.75 Å². The third kappa shape index (κ3) is 4.57. The largest absolute Gasteiger partial charge is 0.489 e. The number of nitrogens with zero attached hydrogens (tertiary/aromatic N) is 3. The van der Waals surface area contributed by atoms with E-state index >= 15 is 0 Å². The van der Waals surface area contributed by atoms with Gasteiger partial charge in [-0.2, -0.15) is 0 Å². The Bertz CT molecular complexity index is 1330. The fraction of sp³-hybridized carbons (Fsp3) is 0.481. The number of alkyl halides is 2. The van der Waals surface area contributed by atoms with Crippen molar-refractivity contribution in [3.63, 3.8) is 0 Å². The predicted octanol–water partition coefficient (Wildman–Crippen LogP) is 5.14. The zero-order valence-electron chi connectivity index (χ0n) is 21.1. The van der Waals surface area contributed by atoms with Crippen LogP contribution >= 0.6 is 0 Å². The lowest BCUT2D eigenvalue weighted by Gasteiger charge is -2.39. The molecule has 0 unspecified atom stereocenters. The molecule has 0 saturated heterocycles. The first-order valence-electron chi connectivity index (χ1n) is 12.5. The standard InChI is InChI=1S/C27H31F3N4O3/c1-14(17-5-4-6-18(21(17)28)25(29)30)31-26-19-13-20(27(36)9-7-16(35)8-10-27)24-23(34(3)11-12-37-24)22(19)32-15(2)33-26/h4-6,13-14,16,25,35-36H,7-12H2,1-3H3,(H,31,32,33)/t14-,16?,27?/m1/s1. The first-order chi connectivity index (χ1) is 17.6. The summed E-state index contributed by atoms with van der Waals surface area (Å²) in [6.45, 7) is 4.50. The molecule has 7 nitrogen and oxygen atoms in total. The second kappa shape index (κ2) is 9.64. The smallest absolute Gasteiger partial charge is 0.266 e. The van der Waals surface area contributed by atoms with Crippen molar-refractivity contribution < 1.29 is 28.1 Å². The first kappa shape index (κ1) is 25.5. The highest BCUT2D eigenvalue weighted by Crippen LogP contribution is 2.49. The first-order valence-corrected chi connectivity index (χ1v) is 12.5. The summed E-state index contributed by atoms with van der Waals surface area (Å²) in [5.41, 5.74) is 0.186. The molecular formula is C27H31F3N4O3. The lowest BCUT2D eigenvalue weighted by atomic mass is 9.77. The lowest BCUT2D eigenvalue weighted by molar-refractivity contribution is -0.0377. The van der Waals surface area contributed by atoms with Gasteiger partial charge in [-0.3, -0.25) is 0 Å². The van der Waals surface area contributed by atoms with E-state index in [4.69, 9.17) is 4.74 Å². The number of fused-ring (bicyclic) bond motifs is 3. The molecule has 1 aliphatic carbocycles. The van der Waals surface area contributed by atoms with Gasteiger partial charge in [-0.15, -0.1) is 0 Å². The van der Waals surface area contributed by atoms with Gasteiger partial charge >= 0.3 is 0 Å². The van der Waals surface area contributed by atoms with Crippen molar-refractivity contribution in [1.29, 1.82) is 0 Å². The van der Waals surface area contributed by atoms with Gasteiger partial charge in [0.1, 0.15) is 35.3 Å². The van der Waals surface area contributed by atoms with Crippen LogP contribution in [0.2, 0.25) is 0 Å². The van der Waals surface area contributed by atoms with Gasteiger partial charge in [-0.05, 0) is 45.6 Å². The molecule has 0 spiro atoms. The third-order valence-corrected chi connectivity index (χ3v) is 7.48. The van der Waals surface area contributed by atoms with Crippen LogP contribution in [0, 0.1) is 12.7 Å². The molecule has 2 aliphatic rings. The average molecular weight is 517 g/mol. The maximum Gasteiger partial charge on any atom is 0.266 e. The number of rotatable bonds is 5. The van der Waals surface area contributed by atoms with Gasteiger partial charge in [0.2, 0.25) is 0 Å². The van der Waals surface area contributed by atoms with Crippen molar-refractivity contribution in [2.45, 2.75) is 63.7 Å². The number of aryl methyl sites for hydroxylation is 1. The van der Waals surface area contributed by atoms with Crippen molar-refractivity contribution in [1.82, 2.24) is 9.97 Å². The molecule has 1 saturated carbocycles. The topological polar surface area (TPSA) is 90.7 Å². The van der Waals surface area contributed by atoms with Crippen LogP contribution in [0.15, 0.2) is 24.3 Å². The van der Waals surface area contributed by atoms with Gasteiger partial charge in [0, 0.05) is 23.6 Å². The van der Waals surface area contributed by atoms with Gasteiger partial charge < -0.3 is 25.2 Å². The highest BCUT2D eigenvalue weighted by atomic mass is 19.3. The molecule has 2 aromatic carbocycles. The van der Waals surface area contributed by atoms with E-state index < -0.39 is 35.6 Å². The summed E-state index contributed by atoms with van der Waals surface area (Å²) in [6, 6.07) is 5.09. The second-order valence-electron chi connectivity index (χ2n) is 10.1. The second-order valence-corrected chi connectivity index (χ2v) is 10.1. The van der Waals surface area contributed by atoms with E-state index in [9.17, 15) is 23.4 Å². The molecule has 198 valence electrons. The molecule has 1 aliphatic heterocycles. The zero-order chi connectivity index (χ0) is 26.5. The Balaban J connectivity index is 1.66. The van der Waals surface area contributed by atoms with E-state index in [0.29, 0.717) is 72.7 Å². The maximum atomic E-state index is 14.9. The van der Waals surface area contributed by atoms with E-state index in [1.165, 1.54) is 12.1 Å². The van der Waals surface area contributed by atoms with Crippen LogP contribution < -0.4 is 15.0 Å². The normalized spacial score (nSPS) is 22.6. The van der Waals surface area contributed by atoms with Gasteiger partial charge in [0.15, 0.2) is 5.75 Å². The van der Waals surface area contributed by atoms with E-state index in [2.05, 4.69) is 15.3 Å². The third-order valence-electron chi connectivity index (χ3n) is 7.48. The number of aliphatic hydroxyl groups is 2. The number of benzene rings is 2. The summed E-state index contributed by atoms with van der Waals surface area (Å²) in [5, 5.41) is 25.5. The SMILES string of the molecule is Cc1nc(N[C@H](C)c2cccc(C(F)F)c2F)c2cc(C3(O)CCC(O)CC3)c3c(c2n1)N(C)CCO3. The lowest BCUT2D eigenvalue weighted by Crippen LogP contribution is -2.36. The molecule has 5 rings (SSSR count). The molecule has 3 aromatic rings. The number of ether oxygens (including phenoxy) is 1. The van der Waals surface area contributed by atoms with Crippen LogP contribution in [0.1, 0.15) is 67.6 Å². The van der Waals surface area contributed by atoms with Crippen LogP contribution in [0.3, 0.4) is 0 Å². The fourth-order valence-electron chi connectivity index (χ4n) is 5.40.